The Hall–Kier alpha value is -2.08. The predicted molar refractivity (Wildman–Crippen MR) is 86.7 cm³/mol. The van der Waals surface area contributed by atoms with Gasteiger partial charge in [-0.25, -0.2) is 4.79 Å². The number of aliphatic carboxylic acids is 1. The summed E-state index contributed by atoms with van der Waals surface area (Å²) in [4.78, 5) is 23.8. The number of methoxy groups -OCH3 is 1. The van der Waals surface area contributed by atoms with Gasteiger partial charge in [-0.15, -0.1) is 0 Å². The van der Waals surface area contributed by atoms with Crippen molar-refractivity contribution in [3.05, 3.63) is 29.3 Å². The van der Waals surface area contributed by atoms with Crippen molar-refractivity contribution in [2.24, 2.45) is 0 Å². The van der Waals surface area contributed by atoms with Crippen molar-refractivity contribution in [2.75, 3.05) is 13.7 Å². The summed E-state index contributed by atoms with van der Waals surface area (Å²) >= 11 is 0. The van der Waals surface area contributed by atoms with Crippen LogP contribution in [0.5, 0.6) is 5.75 Å². The molecule has 6 heteroatoms. The van der Waals surface area contributed by atoms with Gasteiger partial charge in [0.2, 0.25) is 0 Å². The van der Waals surface area contributed by atoms with E-state index in [-0.39, 0.29) is 0 Å². The van der Waals surface area contributed by atoms with Crippen molar-refractivity contribution in [2.45, 2.75) is 45.8 Å². The Morgan fingerprint density at radius 2 is 2.00 bits per heavy atom. The van der Waals surface area contributed by atoms with Crippen LogP contribution < -0.4 is 10.1 Å². The molecule has 1 atom stereocenters. The molecule has 0 heterocycles. The number of rotatable bonds is 9. The molecule has 0 aliphatic heterocycles. The van der Waals surface area contributed by atoms with Gasteiger partial charge in [-0.1, -0.05) is 13.3 Å². The fraction of sp³-hybridized carbons (Fsp3) is 0.529. The Balaban J connectivity index is 3.01. The van der Waals surface area contributed by atoms with Crippen molar-refractivity contribution in [3.63, 3.8) is 0 Å². The number of carbonyl (C=O) groups excluding carboxylic acids is 1. The summed E-state index contributed by atoms with van der Waals surface area (Å²) in [7, 11) is 1.55. The third-order valence-electron chi connectivity index (χ3n) is 3.62. The summed E-state index contributed by atoms with van der Waals surface area (Å²) in [5.74, 6) is -0.843. The van der Waals surface area contributed by atoms with Gasteiger partial charge in [-0.3, -0.25) is 4.79 Å². The topological polar surface area (TPSA) is 84.9 Å². The van der Waals surface area contributed by atoms with Gasteiger partial charge in [0.05, 0.1) is 13.7 Å². The summed E-state index contributed by atoms with van der Waals surface area (Å²) in [5, 5.41) is 12.0. The van der Waals surface area contributed by atoms with Crippen molar-refractivity contribution < 1.29 is 24.2 Å². The zero-order valence-electron chi connectivity index (χ0n) is 14.1. The zero-order valence-corrected chi connectivity index (χ0v) is 14.1. The second-order valence-electron chi connectivity index (χ2n) is 5.51. The summed E-state index contributed by atoms with van der Waals surface area (Å²) in [5.41, 5.74) is -0.162. The molecule has 0 aliphatic rings. The first kappa shape index (κ1) is 19.0. The van der Waals surface area contributed by atoms with Crippen LogP contribution in [0.25, 0.3) is 0 Å². The highest BCUT2D eigenvalue weighted by Gasteiger charge is 2.34. The Morgan fingerprint density at radius 3 is 2.52 bits per heavy atom. The molecule has 2 N–H and O–H groups in total. The van der Waals surface area contributed by atoms with E-state index in [1.54, 1.807) is 25.3 Å². The van der Waals surface area contributed by atoms with Crippen LogP contribution in [0.2, 0.25) is 0 Å². The molecule has 1 rings (SSSR count). The first-order chi connectivity index (χ1) is 10.9. The molecule has 0 radical (unpaired) electrons. The van der Waals surface area contributed by atoms with Crippen LogP contribution in [0.3, 0.4) is 0 Å². The van der Waals surface area contributed by atoms with E-state index in [0.717, 1.165) is 5.56 Å². The average Bonchev–Trinajstić information content (AvgIpc) is 2.52. The second-order valence-corrected chi connectivity index (χ2v) is 5.51. The second kappa shape index (κ2) is 8.53. The van der Waals surface area contributed by atoms with Crippen LogP contribution in [-0.2, 0) is 16.1 Å². The van der Waals surface area contributed by atoms with Gasteiger partial charge >= 0.3 is 5.97 Å². The molecule has 1 aromatic carbocycles. The molecule has 1 amide bonds. The SMILES string of the molecule is CCC[C@@](C)(NC(=O)c1ccc(OC)c(COCC)c1)C(=O)O. The van der Waals surface area contributed by atoms with Gasteiger partial charge in [-0.2, -0.15) is 0 Å². The van der Waals surface area contributed by atoms with E-state index in [1.165, 1.54) is 6.92 Å². The maximum Gasteiger partial charge on any atom is 0.329 e. The molecule has 0 aromatic heterocycles. The minimum atomic E-state index is -1.29. The number of ether oxygens (including phenoxy) is 2. The first-order valence-electron chi connectivity index (χ1n) is 7.68. The lowest BCUT2D eigenvalue weighted by molar-refractivity contribution is -0.144. The van der Waals surface area contributed by atoms with E-state index in [0.29, 0.717) is 37.4 Å². The van der Waals surface area contributed by atoms with Crippen molar-refractivity contribution in [3.8, 4) is 5.75 Å². The van der Waals surface area contributed by atoms with Crippen LogP contribution in [0.4, 0.5) is 0 Å². The number of carbonyl (C=O) groups is 2. The van der Waals surface area contributed by atoms with E-state index in [9.17, 15) is 14.7 Å². The fourth-order valence-corrected chi connectivity index (χ4v) is 2.29. The number of hydrogen-bond donors (Lipinski definition) is 2. The molecule has 0 bridgehead atoms. The maximum atomic E-state index is 12.4. The van der Waals surface area contributed by atoms with Crippen LogP contribution in [0.1, 0.15) is 49.5 Å². The lowest BCUT2D eigenvalue weighted by Crippen LogP contribution is -2.52. The van der Waals surface area contributed by atoms with Crippen LogP contribution >= 0.6 is 0 Å². The van der Waals surface area contributed by atoms with E-state index in [2.05, 4.69) is 5.32 Å². The van der Waals surface area contributed by atoms with E-state index >= 15 is 0 Å². The highest BCUT2D eigenvalue weighted by Crippen LogP contribution is 2.22. The molecule has 0 aliphatic carbocycles. The zero-order chi connectivity index (χ0) is 17.5. The van der Waals surface area contributed by atoms with Gasteiger partial charge in [-0.05, 0) is 38.5 Å². The summed E-state index contributed by atoms with van der Waals surface area (Å²) in [6.45, 7) is 6.15. The molecule has 0 spiro atoms. The van der Waals surface area contributed by atoms with Crippen molar-refractivity contribution in [1.82, 2.24) is 5.32 Å². The van der Waals surface area contributed by atoms with Gasteiger partial charge in [0.25, 0.3) is 5.91 Å². The molecule has 128 valence electrons. The lowest BCUT2D eigenvalue weighted by Gasteiger charge is -2.26. The maximum absolute atomic E-state index is 12.4. The average molecular weight is 323 g/mol. The van der Waals surface area contributed by atoms with Crippen LogP contribution in [0, 0.1) is 0 Å². The van der Waals surface area contributed by atoms with Crippen molar-refractivity contribution in [1.29, 1.82) is 0 Å². The highest BCUT2D eigenvalue weighted by molar-refractivity contribution is 5.98. The van der Waals surface area contributed by atoms with Gasteiger partial charge in [0.15, 0.2) is 0 Å². The molecular weight excluding hydrogens is 298 g/mol. The molecule has 23 heavy (non-hydrogen) atoms. The first-order valence-corrected chi connectivity index (χ1v) is 7.68. The third kappa shape index (κ3) is 4.96. The van der Waals surface area contributed by atoms with Gasteiger partial charge < -0.3 is 19.9 Å². The Bertz CT molecular complexity index is 558. The lowest BCUT2D eigenvalue weighted by atomic mass is 9.95. The van der Waals surface area contributed by atoms with E-state index < -0.39 is 17.4 Å². The minimum absolute atomic E-state index is 0.325. The summed E-state index contributed by atoms with van der Waals surface area (Å²) in [6, 6.07) is 4.96. The largest absolute Gasteiger partial charge is 0.496 e. The normalized spacial score (nSPS) is 13.2. The van der Waals surface area contributed by atoms with Gasteiger partial charge in [0.1, 0.15) is 11.3 Å². The van der Waals surface area contributed by atoms with E-state index in [1.807, 2.05) is 13.8 Å². The Morgan fingerprint density at radius 1 is 1.30 bits per heavy atom. The number of benzene rings is 1. The minimum Gasteiger partial charge on any atom is -0.496 e. The van der Waals surface area contributed by atoms with Crippen LogP contribution in [-0.4, -0.2) is 36.2 Å². The molecule has 1 aromatic rings. The smallest absolute Gasteiger partial charge is 0.329 e. The van der Waals surface area contributed by atoms with Crippen LogP contribution in [0.15, 0.2) is 18.2 Å². The number of carboxylic acids is 1. The quantitative estimate of drug-likeness (QED) is 0.729. The number of carboxylic acid groups (broad SMARTS) is 1. The molecule has 0 saturated heterocycles. The highest BCUT2D eigenvalue weighted by atomic mass is 16.5. The molecule has 6 nitrogen and oxygen atoms in total. The number of amides is 1. The summed E-state index contributed by atoms with van der Waals surface area (Å²) < 4.78 is 10.6. The van der Waals surface area contributed by atoms with Crippen molar-refractivity contribution >= 4 is 11.9 Å². The molecular formula is C17H25NO5. The molecule has 0 saturated carbocycles. The third-order valence-corrected chi connectivity index (χ3v) is 3.62. The van der Waals surface area contributed by atoms with Gasteiger partial charge in [0, 0.05) is 17.7 Å². The Kier molecular flexibility index (Phi) is 7.03. The molecule has 0 unspecified atom stereocenters. The Labute approximate surface area is 136 Å². The number of hydrogen-bond acceptors (Lipinski definition) is 4. The summed E-state index contributed by atoms with van der Waals surface area (Å²) in [6.07, 6.45) is 1.01. The number of nitrogens with one attached hydrogen (secondary N) is 1. The fourth-order valence-electron chi connectivity index (χ4n) is 2.29. The van der Waals surface area contributed by atoms with E-state index in [4.69, 9.17) is 9.47 Å². The monoisotopic (exact) mass is 323 g/mol. The standard InChI is InChI=1S/C17H25NO5/c1-5-9-17(3,16(20)21)18-15(19)12-7-8-14(22-4)13(10-12)11-23-6-2/h7-8,10H,5-6,9,11H2,1-4H3,(H,18,19)(H,20,21)/t17-/m1/s1. The predicted octanol–water partition coefficient (Wildman–Crippen LogP) is 2.60. The molecule has 0 fully saturated rings.